The summed E-state index contributed by atoms with van der Waals surface area (Å²) in [5, 5.41) is 0. The van der Waals surface area contributed by atoms with Gasteiger partial charge < -0.3 is 14.4 Å². The number of para-hydroxylation sites is 1. The molecule has 1 heterocycles. The van der Waals surface area contributed by atoms with Crippen LogP contribution in [0, 0.1) is 0 Å². The van der Waals surface area contributed by atoms with Crippen LogP contribution in [0.2, 0.25) is 0 Å². The molecule has 0 unspecified atom stereocenters. The fraction of sp³-hybridized carbons (Fsp3) is 0.176. The molecule has 1 amide bonds. The fourth-order valence-electron chi connectivity index (χ4n) is 2.46. The number of carbonyl (C=O) groups excluding carboxylic acids is 1. The van der Waals surface area contributed by atoms with Crippen LogP contribution in [0.25, 0.3) is 0 Å². The van der Waals surface area contributed by atoms with Crippen molar-refractivity contribution in [1.29, 1.82) is 0 Å². The summed E-state index contributed by atoms with van der Waals surface area (Å²) in [6.45, 7) is 0. The van der Waals surface area contributed by atoms with Gasteiger partial charge in [-0.1, -0.05) is 18.2 Å². The van der Waals surface area contributed by atoms with E-state index in [1.807, 2.05) is 24.3 Å². The molecular formula is C17H16N2O3. The third-order valence-electron chi connectivity index (χ3n) is 3.65. The van der Waals surface area contributed by atoms with Crippen molar-refractivity contribution in [2.24, 2.45) is 4.99 Å². The van der Waals surface area contributed by atoms with Crippen LogP contribution >= 0.6 is 0 Å². The molecule has 1 aliphatic heterocycles. The number of hydrogen-bond donors (Lipinski definition) is 0. The molecule has 0 radical (unpaired) electrons. The van der Waals surface area contributed by atoms with Crippen molar-refractivity contribution in [1.82, 2.24) is 0 Å². The minimum atomic E-state index is -0.126. The van der Waals surface area contributed by atoms with E-state index < -0.39 is 0 Å². The second kappa shape index (κ2) is 5.52. The SMILES string of the molecule is COc1ccc(N=C2C(=O)N(C)c3ccccc32)c(OC)c1. The first-order valence-electron chi connectivity index (χ1n) is 6.84. The highest BCUT2D eigenvalue weighted by Gasteiger charge is 2.31. The Morgan fingerprint density at radius 2 is 1.82 bits per heavy atom. The van der Waals surface area contributed by atoms with E-state index >= 15 is 0 Å². The van der Waals surface area contributed by atoms with Crippen LogP contribution in [-0.4, -0.2) is 32.9 Å². The molecule has 0 spiro atoms. The lowest BCUT2D eigenvalue weighted by atomic mass is 10.1. The zero-order chi connectivity index (χ0) is 15.7. The van der Waals surface area contributed by atoms with Gasteiger partial charge in [0.2, 0.25) is 0 Å². The molecule has 5 nitrogen and oxygen atoms in total. The highest BCUT2D eigenvalue weighted by Crippen LogP contribution is 2.34. The van der Waals surface area contributed by atoms with E-state index in [1.165, 1.54) is 0 Å². The van der Waals surface area contributed by atoms with E-state index in [9.17, 15) is 4.79 Å². The van der Waals surface area contributed by atoms with Crippen molar-refractivity contribution in [3.63, 3.8) is 0 Å². The highest BCUT2D eigenvalue weighted by atomic mass is 16.5. The Kier molecular flexibility index (Phi) is 3.55. The maximum atomic E-state index is 12.4. The second-order valence-corrected chi connectivity index (χ2v) is 4.88. The first kappa shape index (κ1) is 14.1. The first-order chi connectivity index (χ1) is 10.7. The number of fused-ring (bicyclic) bond motifs is 1. The van der Waals surface area contributed by atoms with Gasteiger partial charge in [0.15, 0.2) is 0 Å². The molecule has 0 N–H and O–H groups in total. The first-order valence-corrected chi connectivity index (χ1v) is 6.84. The van der Waals surface area contributed by atoms with Crippen molar-refractivity contribution < 1.29 is 14.3 Å². The standard InChI is InChI=1S/C17H16N2O3/c1-19-14-7-5-4-6-12(14)16(17(19)20)18-13-9-8-11(21-2)10-15(13)22-3/h4-10H,1-3H3. The molecule has 112 valence electrons. The molecule has 3 rings (SSSR count). The smallest absolute Gasteiger partial charge is 0.277 e. The van der Waals surface area contributed by atoms with E-state index in [1.54, 1.807) is 44.4 Å². The van der Waals surface area contributed by atoms with Crippen LogP contribution in [0.5, 0.6) is 11.5 Å². The van der Waals surface area contributed by atoms with E-state index in [2.05, 4.69) is 4.99 Å². The Labute approximate surface area is 128 Å². The molecule has 0 atom stereocenters. The number of hydrogen-bond acceptors (Lipinski definition) is 4. The maximum absolute atomic E-state index is 12.4. The zero-order valence-corrected chi connectivity index (χ0v) is 12.7. The number of nitrogens with zero attached hydrogens (tertiary/aromatic N) is 2. The fourth-order valence-corrected chi connectivity index (χ4v) is 2.46. The van der Waals surface area contributed by atoms with Crippen molar-refractivity contribution in [2.45, 2.75) is 0 Å². The summed E-state index contributed by atoms with van der Waals surface area (Å²) < 4.78 is 10.5. The Morgan fingerprint density at radius 3 is 2.55 bits per heavy atom. The lowest BCUT2D eigenvalue weighted by molar-refractivity contribution is -0.111. The van der Waals surface area contributed by atoms with Gasteiger partial charge >= 0.3 is 0 Å². The average Bonchev–Trinajstić information content (AvgIpc) is 2.80. The van der Waals surface area contributed by atoms with Gasteiger partial charge in [0.25, 0.3) is 5.91 Å². The lowest BCUT2D eigenvalue weighted by Gasteiger charge is -2.08. The van der Waals surface area contributed by atoms with Crippen LogP contribution in [0.4, 0.5) is 11.4 Å². The summed E-state index contributed by atoms with van der Waals surface area (Å²) in [6.07, 6.45) is 0. The normalized spacial score (nSPS) is 15.1. The number of rotatable bonds is 3. The molecule has 0 bridgehead atoms. The molecule has 2 aromatic rings. The van der Waals surface area contributed by atoms with E-state index in [4.69, 9.17) is 9.47 Å². The maximum Gasteiger partial charge on any atom is 0.277 e. The van der Waals surface area contributed by atoms with Crippen molar-refractivity contribution in [3.8, 4) is 11.5 Å². The van der Waals surface area contributed by atoms with Gasteiger partial charge in [-0.3, -0.25) is 4.79 Å². The average molecular weight is 296 g/mol. The molecule has 0 saturated carbocycles. The van der Waals surface area contributed by atoms with Crippen molar-refractivity contribution in [2.75, 3.05) is 26.2 Å². The van der Waals surface area contributed by atoms with Crippen molar-refractivity contribution >= 4 is 23.0 Å². The topological polar surface area (TPSA) is 51.1 Å². The number of ether oxygens (including phenoxy) is 2. The van der Waals surface area contributed by atoms with Crippen LogP contribution in [0.3, 0.4) is 0 Å². The predicted octanol–water partition coefficient (Wildman–Crippen LogP) is 2.80. The number of methoxy groups -OCH3 is 2. The zero-order valence-electron chi connectivity index (χ0n) is 12.7. The molecule has 1 aliphatic rings. The summed E-state index contributed by atoms with van der Waals surface area (Å²) >= 11 is 0. The summed E-state index contributed by atoms with van der Waals surface area (Å²) in [6, 6.07) is 12.9. The number of anilines is 1. The van der Waals surface area contributed by atoms with Gasteiger partial charge in [-0.25, -0.2) is 4.99 Å². The van der Waals surface area contributed by atoms with Gasteiger partial charge in [-0.2, -0.15) is 0 Å². The molecule has 0 saturated heterocycles. The molecule has 2 aromatic carbocycles. The van der Waals surface area contributed by atoms with Crippen LogP contribution in [0.1, 0.15) is 5.56 Å². The Bertz CT molecular complexity index is 768. The molecule has 22 heavy (non-hydrogen) atoms. The summed E-state index contributed by atoms with van der Waals surface area (Å²) in [4.78, 5) is 18.5. The minimum Gasteiger partial charge on any atom is -0.497 e. The number of amides is 1. The third kappa shape index (κ3) is 2.20. The number of likely N-dealkylation sites (N-methyl/N-ethyl adjacent to an activating group) is 1. The van der Waals surface area contributed by atoms with Gasteiger partial charge in [0.05, 0.1) is 19.9 Å². The van der Waals surface area contributed by atoms with Gasteiger partial charge in [0.1, 0.15) is 22.9 Å². The predicted molar refractivity (Wildman–Crippen MR) is 85.6 cm³/mol. The van der Waals surface area contributed by atoms with E-state index in [0.717, 1.165) is 11.3 Å². The van der Waals surface area contributed by atoms with Crippen LogP contribution in [-0.2, 0) is 4.79 Å². The van der Waals surface area contributed by atoms with Gasteiger partial charge in [0, 0.05) is 18.7 Å². The number of benzene rings is 2. The Balaban J connectivity index is 2.11. The summed E-state index contributed by atoms with van der Waals surface area (Å²) in [5.41, 5.74) is 2.70. The van der Waals surface area contributed by atoms with Gasteiger partial charge in [-0.05, 0) is 18.2 Å². The highest BCUT2D eigenvalue weighted by molar-refractivity contribution is 6.54. The molecule has 0 fully saturated rings. The van der Waals surface area contributed by atoms with Crippen molar-refractivity contribution in [3.05, 3.63) is 48.0 Å². The molecule has 5 heteroatoms. The quantitative estimate of drug-likeness (QED) is 0.875. The third-order valence-corrected chi connectivity index (χ3v) is 3.65. The molecule has 0 aliphatic carbocycles. The largest absolute Gasteiger partial charge is 0.497 e. The second-order valence-electron chi connectivity index (χ2n) is 4.88. The summed E-state index contributed by atoms with van der Waals surface area (Å²) in [5.74, 6) is 1.11. The van der Waals surface area contributed by atoms with Crippen LogP contribution < -0.4 is 14.4 Å². The summed E-state index contributed by atoms with van der Waals surface area (Å²) in [7, 11) is 4.90. The Hall–Kier alpha value is -2.82. The molecular weight excluding hydrogens is 280 g/mol. The van der Waals surface area contributed by atoms with Crippen LogP contribution in [0.15, 0.2) is 47.5 Å². The Morgan fingerprint density at radius 1 is 1.05 bits per heavy atom. The minimum absolute atomic E-state index is 0.126. The number of carbonyl (C=O) groups is 1. The van der Waals surface area contributed by atoms with E-state index in [0.29, 0.717) is 22.9 Å². The monoisotopic (exact) mass is 296 g/mol. The molecule has 0 aromatic heterocycles. The van der Waals surface area contributed by atoms with E-state index in [-0.39, 0.29) is 5.91 Å². The van der Waals surface area contributed by atoms with Gasteiger partial charge in [-0.15, -0.1) is 0 Å². The lowest BCUT2D eigenvalue weighted by Crippen LogP contribution is -2.25. The number of aliphatic imine (C=N–C) groups is 1.